The van der Waals surface area contributed by atoms with Gasteiger partial charge in [0.1, 0.15) is 12.4 Å². The smallest absolute Gasteiger partial charge is 0.341 e. The largest absolute Gasteiger partial charge is 0.350 e. The van der Waals surface area contributed by atoms with Gasteiger partial charge in [0.2, 0.25) is 17.7 Å². The van der Waals surface area contributed by atoms with Crippen LogP contribution < -0.4 is 5.69 Å². The van der Waals surface area contributed by atoms with Crippen molar-refractivity contribution in [1.29, 1.82) is 0 Å². The molecule has 4 rings (SSSR count). The lowest BCUT2D eigenvalue weighted by Crippen LogP contribution is -2.45. The second-order valence-electron chi connectivity index (χ2n) is 7.46. The number of carbonyl (C=O) groups is 3. The van der Waals surface area contributed by atoms with Gasteiger partial charge in [-0.3, -0.25) is 19.3 Å². The number of carbonyl (C=O) groups excluding carboxylic acids is 3. The Morgan fingerprint density at radius 1 is 1.03 bits per heavy atom. The topological polar surface area (TPSA) is 97.5 Å². The van der Waals surface area contributed by atoms with E-state index in [1.807, 2.05) is 30.3 Å². The molecule has 9 heteroatoms. The van der Waals surface area contributed by atoms with E-state index in [9.17, 15) is 19.2 Å². The summed E-state index contributed by atoms with van der Waals surface area (Å²) < 4.78 is 2.97. The second kappa shape index (κ2) is 7.65. The molecule has 29 heavy (non-hydrogen) atoms. The normalized spacial score (nSPS) is 18.0. The quantitative estimate of drug-likeness (QED) is 0.697. The highest BCUT2D eigenvalue weighted by Crippen LogP contribution is 2.28. The molecule has 2 fully saturated rings. The van der Waals surface area contributed by atoms with Crippen LogP contribution in [0, 0.1) is 0 Å². The molecule has 9 nitrogen and oxygen atoms in total. The molecule has 152 valence electrons. The summed E-state index contributed by atoms with van der Waals surface area (Å²) in [7, 11) is 1.63. The zero-order valence-corrected chi connectivity index (χ0v) is 16.3. The molecular formula is C20H23N5O4. The van der Waals surface area contributed by atoms with Crippen molar-refractivity contribution in [2.75, 3.05) is 19.6 Å². The summed E-state index contributed by atoms with van der Waals surface area (Å²) in [6.45, 7) is 0.819. The molecule has 0 spiro atoms. The number of hydrogen-bond donors (Lipinski definition) is 0. The van der Waals surface area contributed by atoms with Crippen LogP contribution >= 0.6 is 0 Å². The molecule has 0 bridgehead atoms. The molecule has 0 radical (unpaired) electrons. The lowest BCUT2D eigenvalue weighted by Gasteiger charge is -2.32. The van der Waals surface area contributed by atoms with Crippen LogP contribution in [0.25, 0.3) is 5.69 Å². The van der Waals surface area contributed by atoms with E-state index < -0.39 is 0 Å². The van der Waals surface area contributed by atoms with Gasteiger partial charge < -0.3 is 4.90 Å². The maximum atomic E-state index is 12.6. The molecule has 2 aliphatic rings. The molecule has 0 unspecified atom stereocenters. The molecule has 3 heterocycles. The number of likely N-dealkylation sites (tertiary alicyclic amines) is 2. The zero-order chi connectivity index (χ0) is 20.5. The van der Waals surface area contributed by atoms with Crippen LogP contribution in [-0.4, -0.2) is 61.5 Å². The van der Waals surface area contributed by atoms with Gasteiger partial charge in [-0.05, 0) is 25.0 Å². The lowest BCUT2D eigenvalue weighted by molar-refractivity contribution is -0.145. The number of aromatic nitrogens is 3. The summed E-state index contributed by atoms with van der Waals surface area (Å²) in [6, 6.07) is 9.39. The van der Waals surface area contributed by atoms with Crippen molar-refractivity contribution in [2.45, 2.75) is 31.6 Å². The van der Waals surface area contributed by atoms with E-state index in [2.05, 4.69) is 5.10 Å². The summed E-state index contributed by atoms with van der Waals surface area (Å²) >= 11 is 0. The molecule has 1 aromatic carbocycles. The Labute approximate surface area is 167 Å². The lowest BCUT2D eigenvalue weighted by atomic mass is 9.95. The average Bonchev–Trinajstić information content (AvgIpc) is 3.22. The first-order valence-corrected chi connectivity index (χ1v) is 9.78. The van der Waals surface area contributed by atoms with Crippen LogP contribution in [0.4, 0.5) is 0 Å². The Morgan fingerprint density at radius 3 is 2.28 bits per heavy atom. The Morgan fingerprint density at radius 2 is 1.66 bits per heavy atom. The third-order valence-corrected chi connectivity index (χ3v) is 5.63. The highest BCUT2D eigenvalue weighted by Gasteiger charge is 2.34. The predicted octanol–water partition coefficient (Wildman–Crippen LogP) is 0.426. The molecule has 0 N–H and O–H groups in total. The number of nitrogens with zero attached hydrogens (tertiary/aromatic N) is 5. The van der Waals surface area contributed by atoms with Gasteiger partial charge in [0, 0.05) is 38.9 Å². The summed E-state index contributed by atoms with van der Waals surface area (Å²) in [5.74, 6) is -0.0328. The Bertz CT molecular complexity index is 986. The van der Waals surface area contributed by atoms with Crippen LogP contribution in [0.3, 0.4) is 0 Å². The van der Waals surface area contributed by atoms with E-state index in [1.54, 1.807) is 16.5 Å². The van der Waals surface area contributed by atoms with Gasteiger partial charge in [0.05, 0.1) is 5.69 Å². The van der Waals surface area contributed by atoms with E-state index in [1.165, 1.54) is 4.68 Å². The SMILES string of the molecule is Cn1nc(C2CCN(C(=O)CN3C(=O)CCC3=O)CC2)n(-c2ccccc2)c1=O. The van der Waals surface area contributed by atoms with E-state index in [0.717, 1.165) is 10.6 Å². The Balaban J connectivity index is 1.46. The first kappa shape index (κ1) is 19.1. The molecule has 2 saturated heterocycles. The van der Waals surface area contributed by atoms with E-state index in [0.29, 0.717) is 31.8 Å². The first-order chi connectivity index (χ1) is 14.0. The van der Waals surface area contributed by atoms with Gasteiger partial charge in [-0.25, -0.2) is 14.0 Å². The Hall–Kier alpha value is -3.23. The van der Waals surface area contributed by atoms with Gasteiger partial charge >= 0.3 is 5.69 Å². The number of benzene rings is 1. The van der Waals surface area contributed by atoms with E-state index >= 15 is 0 Å². The van der Waals surface area contributed by atoms with Crippen LogP contribution in [0.5, 0.6) is 0 Å². The maximum Gasteiger partial charge on any atom is 0.350 e. The standard InChI is InChI=1S/C20H23N5O4/c1-22-20(29)25(15-5-3-2-4-6-15)19(21-22)14-9-11-23(12-10-14)18(28)13-24-16(26)7-8-17(24)27/h2-6,14H,7-13H2,1H3. The number of aryl methyl sites for hydroxylation is 1. The number of amides is 3. The fourth-order valence-electron chi connectivity index (χ4n) is 3.99. The average molecular weight is 397 g/mol. The number of piperidine rings is 1. The van der Waals surface area contributed by atoms with Crippen molar-refractivity contribution in [3.05, 3.63) is 46.6 Å². The molecular weight excluding hydrogens is 374 g/mol. The van der Waals surface area contributed by atoms with Crippen molar-refractivity contribution >= 4 is 17.7 Å². The van der Waals surface area contributed by atoms with E-state index in [-0.39, 0.29) is 48.7 Å². The molecule has 2 aliphatic heterocycles. The Kier molecular flexibility index (Phi) is 5.04. The second-order valence-corrected chi connectivity index (χ2v) is 7.46. The van der Waals surface area contributed by atoms with Gasteiger partial charge in [0.25, 0.3) is 0 Å². The summed E-state index contributed by atoms with van der Waals surface area (Å²) in [5.41, 5.74) is 0.570. The fourth-order valence-corrected chi connectivity index (χ4v) is 3.99. The third kappa shape index (κ3) is 3.59. The monoisotopic (exact) mass is 397 g/mol. The summed E-state index contributed by atoms with van der Waals surface area (Å²) in [6.07, 6.45) is 1.70. The minimum absolute atomic E-state index is 0.0446. The van der Waals surface area contributed by atoms with Crippen LogP contribution in [0.2, 0.25) is 0 Å². The summed E-state index contributed by atoms with van der Waals surface area (Å²) in [5, 5.41) is 4.45. The third-order valence-electron chi connectivity index (χ3n) is 5.63. The van der Waals surface area contributed by atoms with Crippen molar-refractivity contribution in [3.63, 3.8) is 0 Å². The number of para-hydroxylation sites is 1. The molecule has 0 saturated carbocycles. The number of rotatable bonds is 4. The number of hydrogen-bond acceptors (Lipinski definition) is 5. The molecule has 0 aliphatic carbocycles. The van der Waals surface area contributed by atoms with Crippen LogP contribution in [0.15, 0.2) is 35.1 Å². The van der Waals surface area contributed by atoms with Gasteiger partial charge in [0.15, 0.2) is 0 Å². The fraction of sp³-hybridized carbons (Fsp3) is 0.450. The van der Waals surface area contributed by atoms with Crippen molar-refractivity contribution in [2.24, 2.45) is 7.05 Å². The van der Waals surface area contributed by atoms with Crippen molar-refractivity contribution < 1.29 is 14.4 Å². The van der Waals surface area contributed by atoms with Gasteiger partial charge in [-0.2, -0.15) is 5.10 Å². The van der Waals surface area contributed by atoms with Crippen LogP contribution in [0.1, 0.15) is 37.4 Å². The highest BCUT2D eigenvalue weighted by molar-refractivity contribution is 6.04. The predicted molar refractivity (Wildman–Crippen MR) is 103 cm³/mol. The molecule has 2 aromatic rings. The van der Waals surface area contributed by atoms with Gasteiger partial charge in [-0.15, -0.1) is 0 Å². The van der Waals surface area contributed by atoms with Gasteiger partial charge in [-0.1, -0.05) is 18.2 Å². The van der Waals surface area contributed by atoms with Crippen molar-refractivity contribution in [3.8, 4) is 5.69 Å². The molecule has 1 aromatic heterocycles. The maximum absolute atomic E-state index is 12.6. The molecule has 0 atom stereocenters. The van der Waals surface area contributed by atoms with E-state index in [4.69, 9.17) is 0 Å². The van der Waals surface area contributed by atoms with Crippen LogP contribution in [-0.2, 0) is 21.4 Å². The first-order valence-electron chi connectivity index (χ1n) is 9.78. The minimum atomic E-state index is -0.279. The number of imide groups is 1. The minimum Gasteiger partial charge on any atom is -0.341 e. The summed E-state index contributed by atoms with van der Waals surface area (Å²) in [4.78, 5) is 51.3. The zero-order valence-electron chi connectivity index (χ0n) is 16.3. The van der Waals surface area contributed by atoms with Crippen molar-refractivity contribution in [1.82, 2.24) is 24.1 Å². The highest BCUT2D eigenvalue weighted by atomic mass is 16.2. The molecule has 3 amide bonds.